The van der Waals surface area contributed by atoms with Crippen molar-refractivity contribution in [3.05, 3.63) is 70.0 Å². The molecule has 5 rings (SSSR count). The van der Waals surface area contributed by atoms with Crippen molar-refractivity contribution in [2.24, 2.45) is 11.1 Å². The number of sulfone groups is 1. The van der Waals surface area contributed by atoms with Crippen molar-refractivity contribution in [3.8, 4) is 11.3 Å². The molecule has 1 aromatic heterocycles. The highest BCUT2D eigenvalue weighted by Gasteiger charge is 2.46. The van der Waals surface area contributed by atoms with Crippen LogP contribution in [0.5, 0.6) is 0 Å². The van der Waals surface area contributed by atoms with Gasteiger partial charge in [-0.25, -0.2) is 18.4 Å². The van der Waals surface area contributed by atoms with E-state index in [0.29, 0.717) is 28.5 Å². The van der Waals surface area contributed by atoms with Gasteiger partial charge in [-0.2, -0.15) is 0 Å². The summed E-state index contributed by atoms with van der Waals surface area (Å²) >= 11 is 6.43. The van der Waals surface area contributed by atoms with E-state index < -0.39 is 9.84 Å². The summed E-state index contributed by atoms with van der Waals surface area (Å²) < 4.78 is 23.7. The lowest BCUT2D eigenvalue weighted by molar-refractivity contribution is 0.186. The SMILES string of the molecule is Cc1nc(N2CCC3(CC2)Cc2ccccc2[C@H]3N)c(CO)nc1-c1ccc(S(C)(=O)=O)cc1Cl. The molecule has 7 nitrogen and oxygen atoms in total. The van der Waals surface area contributed by atoms with E-state index in [1.54, 1.807) is 6.07 Å². The van der Waals surface area contributed by atoms with Crippen LogP contribution in [-0.4, -0.2) is 42.8 Å². The molecule has 2 heterocycles. The lowest BCUT2D eigenvalue weighted by Gasteiger charge is -2.43. The molecule has 2 aromatic carbocycles. The number of aliphatic hydroxyl groups excluding tert-OH is 1. The van der Waals surface area contributed by atoms with E-state index >= 15 is 0 Å². The van der Waals surface area contributed by atoms with Gasteiger partial charge in [-0.05, 0) is 60.9 Å². The molecule has 0 bridgehead atoms. The Morgan fingerprint density at radius 2 is 1.89 bits per heavy atom. The fraction of sp³-hybridized carbons (Fsp3) is 0.385. The maximum absolute atomic E-state index is 11.9. The topological polar surface area (TPSA) is 109 Å². The van der Waals surface area contributed by atoms with Crippen molar-refractivity contribution >= 4 is 27.3 Å². The Morgan fingerprint density at radius 1 is 1.17 bits per heavy atom. The predicted molar refractivity (Wildman–Crippen MR) is 137 cm³/mol. The molecule has 2 aliphatic rings. The zero-order valence-electron chi connectivity index (χ0n) is 19.8. The van der Waals surface area contributed by atoms with E-state index in [2.05, 4.69) is 29.2 Å². The molecule has 0 radical (unpaired) electrons. The van der Waals surface area contributed by atoms with E-state index in [4.69, 9.17) is 27.3 Å². The average molecular weight is 513 g/mol. The number of aliphatic hydroxyl groups is 1. The van der Waals surface area contributed by atoms with E-state index in [1.165, 1.54) is 23.3 Å². The second-order valence-corrected chi connectivity index (χ2v) is 12.1. The molecule has 3 N–H and O–H groups in total. The van der Waals surface area contributed by atoms with Crippen molar-refractivity contribution in [2.45, 2.75) is 43.7 Å². The number of hydrogen-bond donors (Lipinski definition) is 2. The van der Waals surface area contributed by atoms with Gasteiger partial charge in [-0.3, -0.25) is 0 Å². The number of halogens is 1. The normalized spacial score (nSPS) is 19.2. The minimum atomic E-state index is -3.38. The summed E-state index contributed by atoms with van der Waals surface area (Å²) in [5.74, 6) is 0.677. The summed E-state index contributed by atoms with van der Waals surface area (Å²) in [5, 5.41) is 10.4. The van der Waals surface area contributed by atoms with Gasteiger partial charge >= 0.3 is 0 Å². The molecule has 0 unspecified atom stereocenters. The number of rotatable bonds is 4. The van der Waals surface area contributed by atoms with Gasteiger partial charge in [-0.15, -0.1) is 0 Å². The van der Waals surface area contributed by atoms with Crippen molar-refractivity contribution in [3.63, 3.8) is 0 Å². The first-order valence-electron chi connectivity index (χ1n) is 11.7. The van der Waals surface area contributed by atoms with Crippen LogP contribution in [0.15, 0.2) is 47.4 Å². The summed E-state index contributed by atoms with van der Waals surface area (Å²) in [6.07, 6.45) is 4.02. The van der Waals surface area contributed by atoms with Crippen LogP contribution < -0.4 is 10.6 Å². The predicted octanol–water partition coefficient (Wildman–Crippen LogP) is 3.84. The summed E-state index contributed by atoms with van der Waals surface area (Å²) in [4.78, 5) is 11.9. The van der Waals surface area contributed by atoms with Crippen LogP contribution in [0.2, 0.25) is 5.02 Å². The minimum Gasteiger partial charge on any atom is -0.390 e. The summed E-state index contributed by atoms with van der Waals surface area (Å²) in [6.45, 7) is 3.15. The third kappa shape index (κ3) is 4.22. The fourth-order valence-corrected chi connectivity index (χ4v) is 6.53. The number of benzene rings is 2. The second kappa shape index (κ2) is 8.85. The van der Waals surface area contributed by atoms with Crippen molar-refractivity contribution in [1.82, 2.24) is 9.97 Å². The molecule has 184 valence electrons. The zero-order valence-corrected chi connectivity index (χ0v) is 21.4. The number of fused-ring (bicyclic) bond motifs is 1. The first kappa shape index (κ1) is 24.2. The number of nitrogens with two attached hydrogens (primary N) is 1. The molecule has 1 saturated heterocycles. The number of aromatic nitrogens is 2. The van der Waals surface area contributed by atoms with Crippen LogP contribution in [-0.2, 0) is 22.9 Å². The highest BCUT2D eigenvalue weighted by Crippen LogP contribution is 2.51. The molecule has 1 fully saturated rings. The van der Waals surface area contributed by atoms with Gasteiger partial charge in [0.25, 0.3) is 0 Å². The first-order valence-corrected chi connectivity index (χ1v) is 14.0. The highest BCUT2D eigenvalue weighted by molar-refractivity contribution is 7.90. The quantitative estimate of drug-likeness (QED) is 0.546. The Balaban J connectivity index is 1.41. The lowest BCUT2D eigenvalue weighted by atomic mass is 9.73. The Hall–Kier alpha value is -2.52. The Kier molecular flexibility index (Phi) is 6.12. The number of hydrogen-bond acceptors (Lipinski definition) is 7. The number of aryl methyl sites for hydroxylation is 1. The van der Waals surface area contributed by atoms with E-state index in [0.717, 1.165) is 38.6 Å². The molecule has 3 aromatic rings. The van der Waals surface area contributed by atoms with Gasteiger partial charge in [0.1, 0.15) is 5.69 Å². The van der Waals surface area contributed by atoms with E-state index in [-0.39, 0.29) is 28.0 Å². The average Bonchev–Trinajstić information content (AvgIpc) is 3.10. The van der Waals surface area contributed by atoms with Crippen LogP contribution in [0.3, 0.4) is 0 Å². The fourth-order valence-electron chi connectivity index (χ4n) is 5.54. The molecule has 35 heavy (non-hydrogen) atoms. The van der Waals surface area contributed by atoms with Gasteiger partial charge in [0.15, 0.2) is 15.7 Å². The van der Waals surface area contributed by atoms with Crippen LogP contribution in [0.1, 0.15) is 41.4 Å². The van der Waals surface area contributed by atoms with Crippen LogP contribution >= 0.6 is 11.6 Å². The van der Waals surface area contributed by atoms with Gasteiger partial charge in [0.05, 0.1) is 27.9 Å². The monoisotopic (exact) mass is 512 g/mol. The molecule has 1 atom stereocenters. The van der Waals surface area contributed by atoms with Gasteiger partial charge in [0, 0.05) is 31.0 Å². The van der Waals surface area contributed by atoms with Crippen molar-refractivity contribution in [1.29, 1.82) is 0 Å². The second-order valence-electron chi connectivity index (χ2n) is 9.70. The van der Waals surface area contributed by atoms with Crippen molar-refractivity contribution < 1.29 is 13.5 Å². The maximum Gasteiger partial charge on any atom is 0.175 e. The molecule has 0 saturated carbocycles. The largest absolute Gasteiger partial charge is 0.390 e. The number of nitrogens with zero attached hydrogens (tertiary/aromatic N) is 3. The Labute approximate surface area is 210 Å². The summed E-state index contributed by atoms with van der Waals surface area (Å²) in [6, 6.07) is 13.1. The third-order valence-corrected chi connectivity index (χ3v) is 8.97. The highest BCUT2D eigenvalue weighted by atomic mass is 35.5. The molecular formula is C26H29ClN4O3S. The molecule has 1 spiro atoms. The molecule has 1 aliphatic heterocycles. The molecule has 0 amide bonds. The lowest BCUT2D eigenvalue weighted by Crippen LogP contribution is -2.45. The van der Waals surface area contributed by atoms with Gasteiger partial charge in [0.2, 0.25) is 0 Å². The smallest absolute Gasteiger partial charge is 0.175 e. The third-order valence-electron chi connectivity index (χ3n) is 7.55. The first-order chi connectivity index (χ1) is 16.6. The van der Waals surface area contributed by atoms with Crippen LogP contribution in [0.4, 0.5) is 5.82 Å². The minimum absolute atomic E-state index is 0.0328. The van der Waals surface area contributed by atoms with Gasteiger partial charge < -0.3 is 15.7 Å². The zero-order chi connectivity index (χ0) is 25.0. The van der Waals surface area contributed by atoms with Crippen LogP contribution in [0, 0.1) is 12.3 Å². The molecular weight excluding hydrogens is 484 g/mol. The number of anilines is 1. The Morgan fingerprint density at radius 3 is 2.51 bits per heavy atom. The maximum atomic E-state index is 11.9. The van der Waals surface area contributed by atoms with Gasteiger partial charge in [-0.1, -0.05) is 35.9 Å². The van der Waals surface area contributed by atoms with Crippen molar-refractivity contribution in [2.75, 3.05) is 24.2 Å². The van der Waals surface area contributed by atoms with E-state index in [1.807, 2.05) is 6.92 Å². The van der Waals surface area contributed by atoms with Crippen LogP contribution in [0.25, 0.3) is 11.3 Å². The summed E-state index contributed by atoms with van der Waals surface area (Å²) in [5.41, 5.74) is 11.6. The standard InChI is InChI=1S/C26H29ClN4O3S/c1-16-23(20-8-7-18(13-21(20)27)35(2,33)34)30-22(15-32)25(29-16)31-11-9-26(10-12-31)14-17-5-3-4-6-19(17)24(26)28/h3-8,13,24,32H,9-12,14-15,28H2,1-2H3/t24-/m1/s1. The summed E-state index contributed by atoms with van der Waals surface area (Å²) in [7, 11) is -3.38. The molecule has 9 heteroatoms. The number of piperidine rings is 1. The Bertz CT molecular complexity index is 1400. The van der Waals surface area contributed by atoms with E-state index in [9.17, 15) is 13.5 Å². The molecule has 1 aliphatic carbocycles.